The molecular weight excluding hydrogens is 388 g/mol. The van der Waals surface area contributed by atoms with E-state index in [1.807, 2.05) is 19.2 Å². The van der Waals surface area contributed by atoms with Crippen molar-refractivity contribution in [1.29, 1.82) is 0 Å². The minimum Gasteiger partial charge on any atom is -0.497 e. The van der Waals surface area contributed by atoms with Crippen molar-refractivity contribution in [3.05, 3.63) is 65.3 Å². The second kappa shape index (κ2) is 8.32. The molecule has 0 aliphatic heterocycles. The molecule has 0 aliphatic rings. The summed E-state index contributed by atoms with van der Waals surface area (Å²) >= 11 is 1.36. The summed E-state index contributed by atoms with van der Waals surface area (Å²) in [6.45, 7) is -0.107. The Hall–Kier alpha value is -3.39. The Morgan fingerprint density at radius 1 is 1.10 bits per heavy atom. The number of methoxy groups -OCH3 is 1. The summed E-state index contributed by atoms with van der Waals surface area (Å²) < 4.78 is 12.7. The molecule has 2 aromatic heterocycles. The van der Waals surface area contributed by atoms with E-state index in [0.29, 0.717) is 17.3 Å². The number of aromatic nitrogens is 3. The average Bonchev–Trinajstić information content (AvgIpc) is 3.31. The number of para-hydroxylation sites is 1. The van der Waals surface area contributed by atoms with Crippen LogP contribution in [0.25, 0.3) is 10.9 Å². The van der Waals surface area contributed by atoms with Crippen LogP contribution in [-0.2, 0) is 18.3 Å². The molecule has 0 saturated carbocycles. The van der Waals surface area contributed by atoms with Crippen LogP contribution in [0.4, 0.5) is 5.13 Å². The number of hydrogen-bond acceptors (Lipinski definition) is 6. The Morgan fingerprint density at radius 2 is 1.86 bits per heavy atom. The van der Waals surface area contributed by atoms with Gasteiger partial charge in [0, 0.05) is 30.6 Å². The molecule has 4 aromatic rings. The van der Waals surface area contributed by atoms with Crippen LogP contribution in [0.3, 0.4) is 0 Å². The number of fused-ring (bicyclic) bond motifs is 1. The van der Waals surface area contributed by atoms with E-state index in [2.05, 4.69) is 38.4 Å². The highest BCUT2D eigenvalue weighted by Crippen LogP contribution is 2.25. The molecule has 0 bridgehead atoms. The zero-order valence-electron chi connectivity index (χ0n) is 16.1. The third-order valence-corrected chi connectivity index (χ3v) is 5.30. The van der Waals surface area contributed by atoms with E-state index in [4.69, 9.17) is 9.47 Å². The van der Waals surface area contributed by atoms with Gasteiger partial charge in [0.05, 0.1) is 7.11 Å². The molecule has 2 heterocycles. The van der Waals surface area contributed by atoms with Gasteiger partial charge in [-0.05, 0) is 35.9 Å². The summed E-state index contributed by atoms with van der Waals surface area (Å²) in [5, 5.41) is 13.5. The fourth-order valence-corrected chi connectivity index (χ4v) is 3.86. The average molecular weight is 408 g/mol. The van der Waals surface area contributed by atoms with E-state index in [9.17, 15) is 4.79 Å². The molecule has 0 radical (unpaired) electrons. The van der Waals surface area contributed by atoms with Gasteiger partial charge in [0.15, 0.2) is 6.61 Å². The number of nitrogens with one attached hydrogen (secondary N) is 1. The summed E-state index contributed by atoms with van der Waals surface area (Å²) in [6, 6.07) is 15.3. The van der Waals surface area contributed by atoms with Gasteiger partial charge >= 0.3 is 0 Å². The lowest BCUT2D eigenvalue weighted by molar-refractivity contribution is -0.118. The van der Waals surface area contributed by atoms with Crippen molar-refractivity contribution >= 4 is 33.3 Å². The van der Waals surface area contributed by atoms with Crippen LogP contribution in [0.1, 0.15) is 10.6 Å². The van der Waals surface area contributed by atoms with Crippen LogP contribution < -0.4 is 14.8 Å². The number of anilines is 1. The van der Waals surface area contributed by atoms with E-state index in [1.54, 1.807) is 31.4 Å². The van der Waals surface area contributed by atoms with Crippen molar-refractivity contribution in [3.63, 3.8) is 0 Å². The minimum atomic E-state index is -0.284. The molecule has 4 rings (SSSR count). The number of carbonyl (C=O) groups excluding carboxylic acids is 1. The van der Waals surface area contributed by atoms with Gasteiger partial charge in [-0.15, -0.1) is 10.2 Å². The third kappa shape index (κ3) is 4.38. The maximum atomic E-state index is 12.1. The smallest absolute Gasteiger partial charge is 0.264 e. The quantitative estimate of drug-likeness (QED) is 0.505. The maximum absolute atomic E-state index is 12.1. The molecule has 0 unspecified atom stereocenters. The molecule has 1 N–H and O–H groups in total. The molecule has 8 heteroatoms. The Balaban J connectivity index is 1.35. The van der Waals surface area contributed by atoms with Crippen molar-refractivity contribution in [2.75, 3.05) is 19.0 Å². The predicted octanol–water partition coefficient (Wildman–Crippen LogP) is 3.65. The molecule has 0 aliphatic carbocycles. The number of rotatable bonds is 7. The standard InChI is InChI=1S/C21H20N4O3S/c1-25-12-14(17-5-3-4-6-18(17)25)11-20-23-24-21(29-20)22-19(26)13-28-16-9-7-15(27-2)8-10-16/h3-10,12H,11,13H2,1-2H3,(H,22,24,26). The number of nitrogens with zero attached hydrogens (tertiary/aromatic N) is 3. The highest BCUT2D eigenvalue weighted by atomic mass is 32.1. The van der Waals surface area contributed by atoms with Gasteiger partial charge in [-0.3, -0.25) is 10.1 Å². The van der Waals surface area contributed by atoms with Crippen molar-refractivity contribution < 1.29 is 14.3 Å². The maximum Gasteiger partial charge on any atom is 0.264 e. The Labute approximate surface area is 171 Å². The fraction of sp³-hybridized carbons (Fsp3) is 0.190. The van der Waals surface area contributed by atoms with E-state index in [1.165, 1.54) is 27.8 Å². The predicted molar refractivity (Wildman–Crippen MR) is 113 cm³/mol. The van der Waals surface area contributed by atoms with Crippen LogP contribution in [0.5, 0.6) is 11.5 Å². The van der Waals surface area contributed by atoms with Crippen LogP contribution in [0, 0.1) is 0 Å². The first-order valence-corrected chi connectivity index (χ1v) is 9.86. The molecule has 1 amide bonds. The number of carbonyl (C=O) groups is 1. The number of benzene rings is 2. The highest BCUT2D eigenvalue weighted by Gasteiger charge is 2.12. The van der Waals surface area contributed by atoms with Crippen LogP contribution in [-0.4, -0.2) is 34.4 Å². The van der Waals surface area contributed by atoms with Crippen molar-refractivity contribution in [1.82, 2.24) is 14.8 Å². The normalized spacial score (nSPS) is 10.8. The molecule has 148 valence electrons. The van der Waals surface area contributed by atoms with E-state index in [-0.39, 0.29) is 12.5 Å². The first kappa shape index (κ1) is 18.9. The lowest BCUT2D eigenvalue weighted by Crippen LogP contribution is -2.20. The first-order chi connectivity index (χ1) is 14.1. The monoisotopic (exact) mass is 408 g/mol. The summed E-state index contributed by atoms with van der Waals surface area (Å²) in [4.78, 5) is 12.1. The Bertz CT molecular complexity index is 1130. The van der Waals surface area contributed by atoms with Crippen LogP contribution >= 0.6 is 11.3 Å². The van der Waals surface area contributed by atoms with Gasteiger partial charge in [0.1, 0.15) is 16.5 Å². The fourth-order valence-electron chi connectivity index (χ4n) is 3.08. The first-order valence-electron chi connectivity index (χ1n) is 9.04. The number of aryl methyl sites for hydroxylation is 1. The second-order valence-corrected chi connectivity index (χ2v) is 7.53. The zero-order valence-corrected chi connectivity index (χ0v) is 16.9. The molecule has 2 aromatic carbocycles. The lowest BCUT2D eigenvalue weighted by Gasteiger charge is -2.06. The molecular formula is C21H20N4O3S. The van der Waals surface area contributed by atoms with Crippen LogP contribution in [0.15, 0.2) is 54.7 Å². The Morgan fingerprint density at radius 3 is 2.66 bits per heavy atom. The van der Waals surface area contributed by atoms with Crippen molar-refractivity contribution in [2.24, 2.45) is 7.05 Å². The van der Waals surface area contributed by atoms with Gasteiger partial charge in [-0.25, -0.2) is 0 Å². The van der Waals surface area contributed by atoms with Gasteiger partial charge < -0.3 is 14.0 Å². The summed E-state index contributed by atoms with van der Waals surface area (Å²) in [6.07, 6.45) is 2.77. The number of amides is 1. The van der Waals surface area contributed by atoms with Crippen molar-refractivity contribution in [2.45, 2.75) is 6.42 Å². The SMILES string of the molecule is COc1ccc(OCC(=O)Nc2nnc(Cc3cn(C)c4ccccc34)s2)cc1. The molecule has 29 heavy (non-hydrogen) atoms. The number of ether oxygens (including phenoxy) is 2. The van der Waals surface area contributed by atoms with Crippen LogP contribution in [0.2, 0.25) is 0 Å². The van der Waals surface area contributed by atoms with Gasteiger partial charge in [0.25, 0.3) is 5.91 Å². The topological polar surface area (TPSA) is 78.3 Å². The summed E-state index contributed by atoms with van der Waals surface area (Å²) in [5.74, 6) is 1.04. The minimum absolute atomic E-state index is 0.107. The van der Waals surface area contributed by atoms with Gasteiger partial charge in [-0.2, -0.15) is 0 Å². The van der Waals surface area contributed by atoms with E-state index in [0.717, 1.165) is 10.8 Å². The van der Waals surface area contributed by atoms with Gasteiger partial charge in [-0.1, -0.05) is 29.5 Å². The number of hydrogen-bond donors (Lipinski definition) is 1. The second-order valence-electron chi connectivity index (χ2n) is 6.47. The largest absolute Gasteiger partial charge is 0.497 e. The molecule has 0 fully saturated rings. The lowest BCUT2D eigenvalue weighted by atomic mass is 10.1. The molecule has 7 nitrogen and oxygen atoms in total. The third-order valence-electron chi connectivity index (χ3n) is 4.46. The van der Waals surface area contributed by atoms with Crippen molar-refractivity contribution in [3.8, 4) is 11.5 Å². The zero-order chi connectivity index (χ0) is 20.2. The molecule has 0 saturated heterocycles. The Kier molecular flexibility index (Phi) is 5.44. The molecule has 0 atom stereocenters. The van der Waals surface area contributed by atoms with Gasteiger partial charge in [0.2, 0.25) is 5.13 Å². The van der Waals surface area contributed by atoms with E-state index < -0.39 is 0 Å². The summed E-state index contributed by atoms with van der Waals surface area (Å²) in [7, 11) is 3.63. The summed E-state index contributed by atoms with van der Waals surface area (Å²) in [5.41, 5.74) is 2.36. The molecule has 0 spiro atoms. The highest BCUT2D eigenvalue weighted by molar-refractivity contribution is 7.15. The van der Waals surface area contributed by atoms with E-state index >= 15 is 0 Å².